The summed E-state index contributed by atoms with van der Waals surface area (Å²) in [5.74, 6) is -0.0416. The molecule has 4 rings (SSSR count). The van der Waals surface area contributed by atoms with Crippen molar-refractivity contribution >= 4 is 55.5 Å². The minimum atomic E-state index is -0.0416. The van der Waals surface area contributed by atoms with Crippen LogP contribution < -0.4 is 4.90 Å². The predicted octanol–water partition coefficient (Wildman–Crippen LogP) is 5.28. The minimum absolute atomic E-state index is 0.0416. The van der Waals surface area contributed by atoms with E-state index in [0.29, 0.717) is 10.2 Å². The van der Waals surface area contributed by atoms with Gasteiger partial charge >= 0.3 is 0 Å². The van der Waals surface area contributed by atoms with Crippen LogP contribution in [0.25, 0.3) is 20.8 Å². The molecule has 0 radical (unpaired) electrons. The Kier molecular flexibility index (Phi) is 4.72. The van der Waals surface area contributed by atoms with E-state index in [1.807, 2.05) is 53.9 Å². The smallest absolute Gasteiger partial charge is 0.234 e. The summed E-state index contributed by atoms with van der Waals surface area (Å²) in [7, 11) is 1.75. The Bertz CT molecular complexity index is 1060. The van der Waals surface area contributed by atoms with Crippen LogP contribution in [0.1, 0.15) is 5.69 Å². The topological polar surface area (TPSA) is 46.1 Å². The molecule has 0 unspecified atom stereocenters. The number of carbonyl (C=O) groups excluding carboxylic acids is 1. The first kappa shape index (κ1) is 17.1. The quantitative estimate of drug-likeness (QED) is 0.469. The lowest BCUT2D eigenvalue weighted by Crippen LogP contribution is -2.27. The Morgan fingerprint density at radius 1 is 1.12 bits per heavy atom. The molecule has 0 aliphatic rings. The number of amides is 1. The Morgan fingerprint density at radius 2 is 1.88 bits per heavy atom. The van der Waals surface area contributed by atoms with Crippen molar-refractivity contribution in [2.75, 3.05) is 11.9 Å². The lowest BCUT2D eigenvalue weighted by atomic mass is 10.2. The zero-order chi connectivity index (χ0) is 18.1. The van der Waals surface area contributed by atoms with Crippen molar-refractivity contribution in [3.05, 3.63) is 64.6 Å². The second kappa shape index (κ2) is 7.15. The van der Waals surface area contributed by atoms with Crippen LogP contribution in [0.3, 0.4) is 0 Å². The predicted molar refractivity (Wildman–Crippen MR) is 109 cm³/mol. The van der Waals surface area contributed by atoms with E-state index in [9.17, 15) is 4.79 Å². The van der Waals surface area contributed by atoms with Crippen molar-refractivity contribution in [1.29, 1.82) is 0 Å². The number of anilines is 1. The van der Waals surface area contributed by atoms with Gasteiger partial charge in [-0.1, -0.05) is 53.3 Å². The van der Waals surface area contributed by atoms with Crippen molar-refractivity contribution in [3.8, 4) is 10.6 Å². The second-order valence-corrected chi connectivity index (χ2v) is 7.99. The summed E-state index contributed by atoms with van der Waals surface area (Å²) in [6, 6.07) is 15.4. The summed E-state index contributed by atoms with van der Waals surface area (Å²) in [4.78, 5) is 23.3. The first-order valence-electron chi connectivity index (χ1n) is 7.93. The number of likely N-dealkylation sites (N-methyl/N-ethyl adjacent to an activating group) is 1. The fraction of sp³-hybridized carbons (Fsp3) is 0.105. The number of halogens is 1. The molecule has 130 valence electrons. The van der Waals surface area contributed by atoms with E-state index in [1.54, 1.807) is 11.9 Å². The molecule has 0 saturated heterocycles. The number of aromatic nitrogens is 2. The molecule has 0 saturated carbocycles. The number of benzene rings is 2. The molecule has 0 N–H and O–H groups in total. The third-order valence-electron chi connectivity index (χ3n) is 3.93. The first-order chi connectivity index (χ1) is 12.6. The summed E-state index contributed by atoms with van der Waals surface area (Å²) in [6.45, 7) is 0. The van der Waals surface area contributed by atoms with Crippen LogP contribution in [0, 0.1) is 0 Å². The van der Waals surface area contributed by atoms with Gasteiger partial charge in [-0.3, -0.25) is 9.69 Å². The summed E-state index contributed by atoms with van der Waals surface area (Å²) < 4.78 is 1.07. The van der Waals surface area contributed by atoms with Crippen LogP contribution in [-0.2, 0) is 11.2 Å². The van der Waals surface area contributed by atoms with Crippen molar-refractivity contribution in [3.63, 3.8) is 0 Å². The molecule has 26 heavy (non-hydrogen) atoms. The van der Waals surface area contributed by atoms with E-state index in [1.165, 1.54) is 22.7 Å². The Morgan fingerprint density at radius 3 is 2.69 bits per heavy atom. The van der Waals surface area contributed by atoms with Gasteiger partial charge in [-0.15, -0.1) is 11.3 Å². The third-order valence-corrected chi connectivity index (χ3v) is 6.30. The van der Waals surface area contributed by atoms with Gasteiger partial charge in [0.2, 0.25) is 5.91 Å². The van der Waals surface area contributed by atoms with Crippen LogP contribution in [-0.4, -0.2) is 22.9 Å². The van der Waals surface area contributed by atoms with Crippen LogP contribution in [0.2, 0.25) is 5.02 Å². The number of fused-ring (bicyclic) bond motifs is 1. The zero-order valence-corrected chi connectivity index (χ0v) is 16.2. The van der Waals surface area contributed by atoms with Gasteiger partial charge in [-0.25, -0.2) is 9.97 Å². The molecule has 7 heteroatoms. The highest BCUT2D eigenvalue weighted by Gasteiger charge is 2.17. The molecule has 2 heterocycles. The van der Waals surface area contributed by atoms with E-state index in [2.05, 4.69) is 9.97 Å². The molecule has 4 aromatic rings. The highest BCUT2D eigenvalue weighted by molar-refractivity contribution is 7.22. The molecular weight excluding hydrogens is 386 g/mol. The first-order valence-corrected chi connectivity index (χ1v) is 10.0. The van der Waals surface area contributed by atoms with Crippen LogP contribution in [0.15, 0.2) is 53.9 Å². The highest BCUT2D eigenvalue weighted by Crippen LogP contribution is 2.31. The van der Waals surface area contributed by atoms with Gasteiger partial charge in [0.25, 0.3) is 0 Å². The summed E-state index contributed by atoms with van der Waals surface area (Å²) >= 11 is 9.23. The monoisotopic (exact) mass is 399 g/mol. The number of para-hydroxylation sites is 1. The fourth-order valence-corrected chi connectivity index (χ4v) is 4.61. The normalized spacial score (nSPS) is 11.0. The Hall–Kier alpha value is -2.28. The number of carbonyl (C=O) groups is 1. The van der Waals surface area contributed by atoms with Gasteiger partial charge in [0.1, 0.15) is 5.01 Å². The minimum Gasteiger partial charge on any atom is -0.291 e. The van der Waals surface area contributed by atoms with E-state index in [4.69, 9.17) is 11.6 Å². The molecule has 0 aliphatic heterocycles. The average molecular weight is 400 g/mol. The number of hydrogen-bond donors (Lipinski definition) is 0. The maximum absolute atomic E-state index is 12.6. The van der Waals surface area contributed by atoms with Crippen molar-refractivity contribution < 1.29 is 4.79 Å². The van der Waals surface area contributed by atoms with Gasteiger partial charge in [0.05, 0.1) is 27.4 Å². The number of thiazole rings is 2. The van der Waals surface area contributed by atoms with Gasteiger partial charge in [0.15, 0.2) is 5.13 Å². The summed E-state index contributed by atoms with van der Waals surface area (Å²) in [5.41, 5.74) is 2.53. The van der Waals surface area contributed by atoms with Crippen molar-refractivity contribution in [1.82, 2.24) is 9.97 Å². The van der Waals surface area contributed by atoms with E-state index in [0.717, 1.165) is 26.5 Å². The van der Waals surface area contributed by atoms with E-state index in [-0.39, 0.29) is 12.3 Å². The molecule has 0 atom stereocenters. The SMILES string of the molecule is CN(C(=O)Cc1csc(-c2ccccc2Cl)n1)c1nc2ccccc2s1. The van der Waals surface area contributed by atoms with Gasteiger partial charge in [0, 0.05) is 18.0 Å². The molecule has 2 aromatic carbocycles. The third kappa shape index (κ3) is 3.35. The molecule has 2 aromatic heterocycles. The number of nitrogens with zero attached hydrogens (tertiary/aromatic N) is 3. The summed E-state index contributed by atoms with van der Waals surface area (Å²) in [5, 5.41) is 4.08. The highest BCUT2D eigenvalue weighted by atomic mass is 35.5. The van der Waals surface area contributed by atoms with Gasteiger partial charge in [-0.2, -0.15) is 0 Å². The lowest BCUT2D eigenvalue weighted by molar-refractivity contribution is -0.117. The van der Waals surface area contributed by atoms with Gasteiger partial charge in [-0.05, 0) is 18.2 Å². The summed E-state index contributed by atoms with van der Waals surface area (Å²) in [6.07, 6.45) is 0.230. The molecule has 0 bridgehead atoms. The Balaban J connectivity index is 1.52. The molecule has 4 nitrogen and oxygen atoms in total. The average Bonchev–Trinajstić information content (AvgIpc) is 3.28. The zero-order valence-electron chi connectivity index (χ0n) is 13.8. The number of rotatable bonds is 4. The van der Waals surface area contributed by atoms with E-state index >= 15 is 0 Å². The van der Waals surface area contributed by atoms with Crippen molar-refractivity contribution in [2.24, 2.45) is 0 Å². The number of hydrogen-bond acceptors (Lipinski definition) is 5. The molecular formula is C19H14ClN3OS2. The second-order valence-electron chi connectivity index (χ2n) is 5.72. The molecule has 0 aliphatic carbocycles. The fourth-order valence-electron chi connectivity index (χ4n) is 2.53. The van der Waals surface area contributed by atoms with Gasteiger partial charge < -0.3 is 0 Å². The van der Waals surface area contributed by atoms with Crippen molar-refractivity contribution in [2.45, 2.75) is 6.42 Å². The van der Waals surface area contributed by atoms with Crippen LogP contribution in [0.5, 0.6) is 0 Å². The lowest BCUT2D eigenvalue weighted by Gasteiger charge is -2.12. The van der Waals surface area contributed by atoms with Crippen LogP contribution >= 0.6 is 34.3 Å². The Labute approximate surface area is 163 Å². The largest absolute Gasteiger partial charge is 0.291 e. The maximum atomic E-state index is 12.6. The molecule has 0 fully saturated rings. The standard InChI is InChI=1S/C19H14ClN3OS2/c1-23(19-22-15-8-4-5-9-16(15)26-19)17(24)10-12-11-25-18(21-12)13-6-2-3-7-14(13)20/h2-9,11H,10H2,1H3. The van der Waals surface area contributed by atoms with E-state index < -0.39 is 0 Å². The maximum Gasteiger partial charge on any atom is 0.234 e. The molecule has 0 spiro atoms. The molecule has 1 amide bonds. The van der Waals surface area contributed by atoms with Crippen LogP contribution in [0.4, 0.5) is 5.13 Å².